The van der Waals surface area contributed by atoms with Crippen LogP contribution < -0.4 is 10.6 Å². The number of carbonyl (C=O) groups is 1. The van der Waals surface area contributed by atoms with Gasteiger partial charge in [0.25, 0.3) is 0 Å². The lowest BCUT2D eigenvalue weighted by molar-refractivity contribution is 0.0593. The van der Waals surface area contributed by atoms with Crippen LogP contribution in [0, 0.1) is 12.7 Å². The van der Waals surface area contributed by atoms with Crippen LogP contribution in [0.1, 0.15) is 22.2 Å². The lowest BCUT2D eigenvalue weighted by Gasteiger charge is -2.24. The maximum Gasteiger partial charge on any atom is 0.315 e. The van der Waals surface area contributed by atoms with E-state index in [1.165, 1.54) is 29.1 Å². The molecule has 3 N–H and O–H groups in total. The molecule has 2 rings (SSSR count). The van der Waals surface area contributed by atoms with Crippen LogP contribution in [0.5, 0.6) is 0 Å². The molecule has 0 spiro atoms. The molecule has 1 unspecified atom stereocenters. The van der Waals surface area contributed by atoms with Crippen molar-refractivity contribution >= 4 is 17.4 Å². The molecule has 0 fully saturated rings. The maximum absolute atomic E-state index is 12.9. The van der Waals surface area contributed by atoms with Crippen molar-refractivity contribution in [2.24, 2.45) is 0 Å². The van der Waals surface area contributed by atoms with E-state index < -0.39 is 5.60 Å². The highest BCUT2D eigenvalue weighted by Gasteiger charge is 2.23. The molecule has 1 atom stereocenters. The van der Waals surface area contributed by atoms with Crippen LogP contribution in [-0.2, 0) is 12.1 Å². The highest BCUT2D eigenvalue weighted by Crippen LogP contribution is 2.20. The molecule has 118 valence electrons. The Hall–Kier alpha value is -1.92. The van der Waals surface area contributed by atoms with E-state index in [9.17, 15) is 14.3 Å². The molecular formula is C16H19FN2O2S. The maximum atomic E-state index is 12.9. The van der Waals surface area contributed by atoms with Gasteiger partial charge < -0.3 is 15.7 Å². The first-order chi connectivity index (χ1) is 10.4. The molecule has 1 heterocycles. The number of amides is 2. The molecule has 0 saturated heterocycles. The number of benzene rings is 1. The zero-order valence-electron chi connectivity index (χ0n) is 12.5. The van der Waals surface area contributed by atoms with Gasteiger partial charge in [0, 0.05) is 9.75 Å². The summed E-state index contributed by atoms with van der Waals surface area (Å²) < 4.78 is 12.9. The first-order valence-corrected chi connectivity index (χ1v) is 7.74. The van der Waals surface area contributed by atoms with Crippen molar-refractivity contribution in [2.75, 3.05) is 6.54 Å². The fourth-order valence-corrected chi connectivity index (χ4v) is 2.80. The summed E-state index contributed by atoms with van der Waals surface area (Å²) in [6.07, 6.45) is 0. The van der Waals surface area contributed by atoms with Crippen molar-refractivity contribution in [3.8, 4) is 0 Å². The van der Waals surface area contributed by atoms with Crippen molar-refractivity contribution < 1.29 is 14.3 Å². The van der Waals surface area contributed by atoms with Crippen LogP contribution in [0.2, 0.25) is 0 Å². The summed E-state index contributed by atoms with van der Waals surface area (Å²) in [5.74, 6) is -0.364. The Morgan fingerprint density at radius 3 is 2.50 bits per heavy atom. The summed E-state index contributed by atoms with van der Waals surface area (Å²) in [5.41, 5.74) is -0.715. The number of hydrogen-bond acceptors (Lipinski definition) is 3. The Morgan fingerprint density at radius 2 is 1.91 bits per heavy atom. The van der Waals surface area contributed by atoms with Gasteiger partial charge in [0.1, 0.15) is 11.4 Å². The summed E-state index contributed by atoms with van der Waals surface area (Å²) in [4.78, 5) is 14.0. The van der Waals surface area contributed by atoms with Gasteiger partial charge >= 0.3 is 6.03 Å². The van der Waals surface area contributed by atoms with E-state index in [2.05, 4.69) is 10.6 Å². The standard InChI is InChI=1S/C16H19FN2O2S/c1-11-3-8-14(22-11)9-18-15(20)19-10-16(2,21)12-4-6-13(17)7-5-12/h3-8,21H,9-10H2,1-2H3,(H2,18,19,20). The van der Waals surface area contributed by atoms with Gasteiger partial charge in [-0.05, 0) is 43.7 Å². The third kappa shape index (κ3) is 4.54. The van der Waals surface area contributed by atoms with Gasteiger partial charge in [-0.25, -0.2) is 9.18 Å². The molecule has 1 aromatic carbocycles. The third-order valence-corrected chi connectivity index (χ3v) is 4.28. The number of urea groups is 1. The second-order valence-corrected chi connectivity index (χ2v) is 6.70. The SMILES string of the molecule is Cc1ccc(CNC(=O)NCC(C)(O)c2ccc(F)cc2)s1. The number of hydrogen-bond donors (Lipinski definition) is 3. The molecular weight excluding hydrogens is 303 g/mol. The molecule has 2 amide bonds. The fourth-order valence-electron chi connectivity index (χ4n) is 1.97. The van der Waals surface area contributed by atoms with E-state index in [-0.39, 0.29) is 18.4 Å². The molecule has 22 heavy (non-hydrogen) atoms. The van der Waals surface area contributed by atoms with Gasteiger partial charge in [-0.3, -0.25) is 0 Å². The third-order valence-electron chi connectivity index (χ3n) is 3.28. The number of aryl methyl sites for hydroxylation is 1. The Bertz CT molecular complexity index is 638. The number of halogens is 1. The number of rotatable bonds is 5. The lowest BCUT2D eigenvalue weighted by Crippen LogP contribution is -2.43. The summed E-state index contributed by atoms with van der Waals surface area (Å²) in [6, 6.07) is 9.18. The van der Waals surface area contributed by atoms with Crippen molar-refractivity contribution in [3.05, 3.63) is 57.5 Å². The van der Waals surface area contributed by atoms with Crippen LogP contribution in [-0.4, -0.2) is 17.7 Å². The van der Waals surface area contributed by atoms with Crippen LogP contribution in [0.3, 0.4) is 0 Å². The quantitative estimate of drug-likeness (QED) is 0.792. The Labute approximate surface area is 133 Å². The van der Waals surface area contributed by atoms with Gasteiger partial charge in [0.15, 0.2) is 0 Å². The summed E-state index contributed by atoms with van der Waals surface area (Å²) in [5, 5.41) is 15.7. The summed E-state index contributed by atoms with van der Waals surface area (Å²) >= 11 is 1.62. The molecule has 0 aliphatic heterocycles. The number of carbonyl (C=O) groups excluding carboxylic acids is 1. The van der Waals surface area contributed by atoms with Crippen LogP contribution in [0.4, 0.5) is 9.18 Å². The molecule has 4 nitrogen and oxygen atoms in total. The topological polar surface area (TPSA) is 61.4 Å². The highest BCUT2D eigenvalue weighted by molar-refractivity contribution is 7.11. The Kier molecular flexibility index (Phi) is 5.15. The van der Waals surface area contributed by atoms with E-state index in [0.717, 1.165) is 4.88 Å². The van der Waals surface area contributed by atoms with Gasteiger partial charge in [0.2, 0.25) is 0 Å². The molecule has 6 heteroatoms. The molecule has 0 radical (unpaired) electrons. The van der Waals surface area contributed by atoms with E-state index in [1.54, 1.807) is 18.3 Å². The average molecular weight is 322 g/mol. The van der Waals surface area contributed by atoms with Crippen LogP contribution in [0.15, 0.2) is 36.4 Å². The van der Waals surface area contributed by atoms with Gasteiger partial charge in [-0.15, -0.1) is 11.3 Å². The van der Waals surface area contributed by atoms with Crippen molar-refractivity contribution in [1.82, 2.24) is 10.6 Å². The van der Waals surface area contributed by atoms with Crippen LogP contribution in [0.25, 0.3) is 0 Å². The van der Waals surface area contributed by atoms with Crippen molar-refractivity contribution in [3.63, 3.8) is 0 Å². The van der Waals surface area contributed by atoms with E-state index in [0.29, 0.717) is 12.1 Å². The predicted molar refractivity (Wildman–Crippen MR) is 85.3 cm³/mol. The minimum atomic E-state index is -1.26. The number of aliphatic hydroxyl groups is 1. The van der Waals surface area contributed by atoms with Crippen LogP contribution >= 0.6 is 11.3 Å². The van der Waals surface area contributed by atoms with E-state index in [1.807, 2.05) is 19.1 Å². The first kappa shape index (κ1) is 16.5. The lowest BCUT2D eigenvalue weighted by atomic mass is 9.96. The largest absolute Gasteiger partial charge is 0.384 e. The Morgan fingerprint density at radius 1 is 1.23 bits per heavy atom. The van der Waals surface area contributed by atoms with Crippen molar-refractivity contribution in [1.29, 1.82) is 0 Å². The molecule has 0 aliphatic carbocycles. The highest BCUT2D eigenvalue weighted by atomic mass is 32.1. The normalized spacial score (nSPS) is 13.5. The minimum Gasteiger partial charge on any atom is -0.384 e. The fraction of sp³-hybridized carbons (Fsp3) is 0.312. The van der Waals surface area contributed by atoms with Gasteiger partial charge in [-0.1, -0.05) is 12.1 Å². The van der Waals surface area contributed by atoms with Gasteiger partial charge in [0.05, 0.1) is 13.1 Å². The smallest absolute Gasteiger partial charge is 0.315 e. The Balaban J connectivity index is 1.83. The van der Waals surface area contributed by atoms with Gasteiger partial charge in [-0.2, -0.15) is 0 Å². The van der Waals surface area contributed by atoms with E-state index in [4.69, 9.17) is 0 Å². The summed E-state index contributed by atoms with van der Waals surface area (Å²) in [6.45, 7) is 4.06. The zero-order chi connectivity index (χ0) is 16.2. The molecule has 0 saturated carbocycles. The number of thiophene rings is 1. The summed E-state index contributed by atoms with van der Waals surface area (Å²) in [7, 11) is 0. The average Bonchev–Trinajstić information content (AvgIpc) is 2.89. The zero-order valence-corrected chi connectivity index (χ0v) is 13.3. The monoisotopic (exact) mass is 322 g/mol. The molecule has 0 aliphatic rings. The molecule has 2 aromatic rings. The van der Waals surface area contributed by atoms with E-state index >= 15 is 0 Å². The number of nitrogens with one attached hydrogen (secondary N) is 2. The second-order valence-electron chi connectivity index (χ2n) is 5.33. The predicted octanol–water partition coefficient (Wildman–Crippen LogP) is 2.90. The second kappa shape index (κ2) is 6.89. The van der Waals surface area contributed by atoms with Crippen molar-refractivity contribution in [2.45, 2.75) is 26.0 Å². The minimum absolute atomic E-state index is 0.0356. The molecule has 1 aromatic heterocycles. The first-order valence-electron chi connectivity index (χ1n) is 6.92. The molecule has 0 bridgehead atoms.